The van der Waals surface area contributed by atoms with Gasteiger partial charge >= 0.3 is 0 Å². The van der Waals surface area contributed by atoms with Crippen molar-refractivity contribution in [3.05, 3.63) is 28.2 Å². The molecule has 0 radical (unpaired) electrons. The summed E-state index contributed by atoms with van der Waals surface area (Å²) >= 11 is 12.4. The van der Waals surface area contributed by atoms with E-state index in [1.54, 1.807) is 23.1 Å². The van der Waals surface area contributed by atoms with E-state index >= 15 is 0 Å². The fourth-order valence-electron chi connectivity index (χ4n) is 2.40. The summed E-state index contributed by atoms with van der Waals surface area (Å²) in [7, 11) is 0. The van der Waals surface area contributed by atoms with E-state index in [2.05, 4.69) is 5.32 Å². The lowest BCUT2D eigenvalue weighted by Gasteiger charge is -2.34. The lowest BCUT2D eigenvalue weighted by molar-refractivity contribution is -0.121. The SMILES string of the molecule is CC(C)NC1CCCN(c2c(Cl)cccc2Cl)C1=O. The van der Waals surface area contributed by atoms with E-state index < -0.39 is 0 Å². The second-order valence-corrected chi connectivity index (χ2v) is 5.89. The maximum absolute atomic E-state index is 12.5. The van der Waals surface area contributed by atoms with Gasteiger partial charge in [-0.2, -0.15) is 0 Å². The highest BCUT2D eigenvalue weighted by Crippen LogP contribution is 2.35. The van der Waals surface area contributed by atoms with Crippen LogP contribution in [0.4, 0.5) is 5.69 Å². The number of amides is 1. The number of carbonyl (C=O) groups excluding carboxylic acids is 1. The van der Waals surface area contributed by atoms with Gasteiger partial charge < -0.3 is 10.2 Å². The van der Waals surface area contributed by atoms with Crippen LogP contribution in [-0.4, -0.2) is 24.5 Å². The molecular weight excluding hydrogens is 283 g/mol. The molecule has 5 heteroatoms. The number of nitrogens with one attached hydrogen (secondary N) is 1. The van der Waals surface area contributed by atoms with Crippen LogP contribution in [0.3, 0.4) is 0 Å². The summed E-state index contributed by atoms with van der Waals surface area (Å²) in [6.07, 6.45) is 1.80. The molecule has 1 aliphatic heterocycles. The van der Waals surface area contributed by atoms with Crippen LogP contribution in [0.1, 0.15) is 26.7 Å². The first-order chi connectivity index (χ1) is 9.00. The molecular formula is C14H18Cl2N2O. The maximum Gasteiger partial charge on any atom is 0.244 e. The number of nitrogens with zero attached hydrogens (tertiary/aromatic N) is 1. The summed E-state index contributed by atoms with van der Waals surface area (Å²) in [5.41, 5.74) is 0.631. The average Bonchev–Trinajstić information content (AvgIpc) is 2.33. The largest absolute Gasteiger partial charge is 0.308 e. The number of rotatable bonds is 3. The Kier molecular flexibility index (Phi) is 4.71. The van der Waals surface area contributed by atoms with Crippen molar-refractivity contribution in [1.82, 2.24) is 5.32 Å². The van der Waals surface area contributed by atoms with Crippen LogP contribution in [0, 0.1) is 0 Å². The Labute approximate surface area is 123 Å². The van der Waals surface area contributed by atoms with Crippen LogP contribution >= 0.6 is 23.2 Å². The topological polar surface area (TPSA) is 32.3 Å². The van der Waals surface area contributed by atoms with Gasteiger partial charge in [0.05, 0.1) is 21.8 Å². The predicted octanol–water partition coefficient (Wildman–Crippen LogP) is 3.49. The van der Waals surface area contributed by atoms with Gasteiger partial charge in [-0.3, -0.25) is 4.79 Å². The van der Waals surface area contributed by atoms with Crippen LogP contribution in [0.2, 0.25) is 10.0 Å². The molecule has 0 bridgehead atoms. The second kappa shape index (κ2) is 6.12. The zero-order chi connectivity index (χ0) is 14.0. The highest BCUT2D eigenvalue weighted by Gasteiger charge is 2.31. The number of benzene rings is 1. The van der Waals surface area contributed by atoms with Gasteiger partial charge in [-0.15, -0.1) is 0 Å². The number of carbonyl (C=O) groups is 1. The van der Waals surface area contributed by atoms with Gasteiger partial charge in [-0.1, -0.05) is 43.1 Å². The lowest BCUT2D eigenvalue weighted by atomic mass is 10.0. The Hall–Kier alpha value is -0.770. The fourth-order valence-corrected chi connectivity index (χ4v) is 3.00. The molecule has 19 heavy (non-hydrogen) atoms. The lowest BCUT2D eigenvalue weighted by Crippen LogP contribution is -2.52. The number of hydrogen-bond acceptors (Lipinski definition) is 2. The highest BCUT2D eigenvalue weighted by molar-refractivity contribution is 6.40. The Balaban J connectivity index is 2.27. The second-order valence-electron chi connectivity index (χ2n) is 5.08. The maximum atomic E-state index is 12.5. The number of halogens is 2. The van der Waals surface area contributed by atoms with E-state index in [4.69, 9.17) is 23.2 Å². The van der Waals surface area contributed by atoms with Crippen molar-refractivity contribution in [1.29, 1.82) is 0 Å². The van der Waals surface area contributed by atoms with Crippen molar-refractivity contribution < 1.29 is 4.79 Å². The molecule has 0 aliphatic carbocycles. The first-order valence-electron chi connectivity index (χ1n) is 6.52. The van der Waals surface area contributed by atoms with E-state index in [0.29, 0.717) is 22.3 Å². The Morgan fingerprint density at radius 2 is 1.95 bits per heavy atom. The third kappa shape index (κ3) is 3.22. The van der Waals surface area contributed by atoms with Crippen LogP contribution < -0.4 is 10.2 Å². The molecule has 1 saturated heterocycles. The van der Waals surface area contributed by atoms with Gasteiger partial charge in [0.1, 0.15) is 0 Å². The van der Waals surface area contributed by atoms with Crippen LogP contribution in [0.5, 0.6) is 0 Å². The van der Waals surface area contributed by atoms with E-state index in [9.17, 15) is 4.79 Å². The summed E-state index contributed by atoms with van der Waals surface area (Å²) in [4.78, 5) is 14.2. The summed E-state index contributed by atoms with van der Waals surface area (Å²) in [6, 6.07) is 5.43. The van der Waals surface area contributed by atoms with E-state index in [1.165, 1.54) is 0 Å². The van der Waals surface area contributed by atoms with Gasteiger partial charge in [0.25, 0.3) is 0 Å². The minimum atomic E-state index is -0.152. The summed E-state index contributed by atoms with van der Waals surface area (Å²) in [5, 5.41) is 4.33. The van der Waals surface area contributed by atoms with Gasteiger partial charge in [-0.05, 0) is 25.0 Å². The summed E-state index contributed by atoms with van der Waals surface area (Å²) < 4.78 is 0. The number of hydrogen-bond donors (Lipinski definition) is 1. The molecule has 1 amide bonds. The van der Waals surface area contributed by atoms with Crippen LogP contribution in [0.15, 0.2) is 18.2 Å². The molecule has 1 N–H and O–H groups in total. The third-order valence-electron chi connectivity index (χ3n) is 3.18. The fraction of sp³-hybridized carbons (Fsp3) is 0.500. The van der Waals surface area contributed by atoms with Gasteiger partial charge in [0.2, 0.25) is 5.91 Å². The van der Waals surface area contributed by atoms with Crippen molar-refractivity contribution in [2.75, 3.05) is 11.4 Å². The van der Waals surface area contributed by atoms with Crippen LogP contribution in [-0.2, 0) is 4.79 Å². The monoisotopic (exact) mass is 300 g/mol. The van der Waals surface area contributed by atoms with E-state index in [1.807, 2.05) is 13.8 Å². The number of anilines is 1. The first kappa shape index (κ1) is 14.6. The first-order valence-corrected chi connectivity index (χ1v) is 7.27. The minimum Gasteiger partial charge on any atom is -0.308 e. The Bertz CT molecular complexity index is 456. The molecule has 104 valence electrons. The van der Waals surface area contributed by atoms with E-state index in [0.717, 1.165) is 12.8 Å². The van der Waals surface area contributed by atoms with Gasteiger partial charge in [0, 0.05) is 12.6 Å². The molecule has 1 heterocycles. The molecule has 2 rings (SSSR count). The van der Waals surface area contributed by atoms with Gasteiger partial charge in [0.15, 0.2) is 0 Å². The molecule has 3 nitrogen and oxygen atoms in total. The standard InChI is InChI=1S/C14H18Cl2N2O/c1-9(2)17-12-7-4-8-18(14(12)19)13-10(15)5-3-6-11(13)16/h3,5-6,9,12,17H,4,7-8H2,1-2H3. The van der Waals surface area contributed by atoms with Crippen molar-refractivity contribution in [3.63, 3.8) is 0 Å². The molecule has 1 aliphatic rings. The normalized spacial score (nSPS) is 20.2. The molecule has 1 aromatic rings. The third-order valence-corrected chi connectivity index (χ3v) is 3.79. The van der Waals surface area contributed by atoms with Crippen molar-refractivity contribution in [2.45, 2.75) is 38.8 Å². The molecule has 1 atom stereocenters. The van der Waals surface area contributed by atoms with Gasteiger partial charge in [-0.25, -0.2) is 0 Å². The molecule has 0 spiro atoms. The zero-order valence-electron chi connectivity index (χ0n) is 11.1. The average molecular weight is 301 g/mol. The quantitative estimate of drug-likeness (QED) is 0.927. The van der Waals surface area contributed by atoms with Crippen molar-refractivity contribution in [3.8, 4) is 0 Å². The smallest absolute Gasteiger partial charge is 0.244 e. The van der Waals surface area contributed by atoms with Crippen molar-refractivity contribution in [2.24, 2.45) is 0 Å². The Morgan fingerprint density at radius 1 is 1.32 bits per heavy atom. The van der Waals surface area contributed by atoms with Crippen LogP contribution in [0.25, 0.3) is 0 Å². The summed E-state index contributed by atoms with van der Waals surface area (Å²) in [5.74, 6) is 0.0509. The molecule has 0 saturated carbocycles. The predicted molar refractivity (Wildman–Crippen MR) is 80.1 cm³/mol. The Morgan fingerprint density at radius 3 is 2.53 bits per heavy atom. The molecule has 1 fully saturated rings. The molecule has 0 aromatic heterocycles. The number of piperidine rings is 1. The minimum absolute atomic E-state index is 0.0509. The zero-order valence-corrected chi connectivity index (χ0v) is 12.6. The number of para-hydroxylation sites is 1. The molecule has 1 aromatic carbocycles. The van der Waals surface area contributed by atoms with E-state index in [-0.39, 0.29) is 18.0 Å². The summed E-state index contributed by atoms with van der Waals surface area (Å²) in [6.45, 7) is 4.74. The highest BCUT2D eigenvalue weighted by atomic mass is 35.5. The molecule has 1 unspecified atom stereocenters. The van der Waals surface area contributed by atoms with Crippen molar-refractivity contribution >= 4 is 34.8 Å².